The molecule has 21 heavy (non-hydrogen) atoms. The van der Waals surface area contributed by atoms with Crippen LogP contribution in [0.4, 0.5) is 0 Å². The summed E-state index contributed by atoms with van der Waals surface area (Å²) in [5.41, 5.74) is 6.21. The molecule has 0 saturated heterocycles. The molecule has 0 rings (SSSR count). The molecule has 0 spiro atoms. The van der Waals surface area contributed by atoms with Gasteiger partial charge < -0.3 is 11.1 Å². The number of nitrogens with two attached hydrogens (primary N) is 1. The van der Waals surface area contributed by atoms with Gasteiger partial charge in [-0.3, -0.25) is 0 Å². The molecule has 128 valence electrons. The molecule has 0 aliphatic heterocycles. The highest BCUT2D eigenvalue weighted by Gasteiger charge is 2.02. The van der Waals surface area contributed by atoms with Gasteiger partial charge in [0.15, 0.2) is 0 Å². The van der Waals surface area contributed by atoms with Crippen LogP contribution in [0.25, 0.3) is 0 Å². The summed E-state index contributed by atoms with van der Waals surface area (Å²) in [5, 5.41) is 3.21. The van der Waals surface area contributed by atoms with E-state index in [0.29, 0.717) is 6.04 Å². The monoisotopic (exact) mass is 298 g/mol. The second kappa shape index (κ2) is 18.0. The van der Waals surface area contributed by atoms with Gasteiger partial charge in [0.25, 0.3) is 0 Å². The fourth-order valence-corrected chi connectivity index (χ4v) is 2.92. The van der Waals surface area contributed by atoms with Crippen molar-refractivity contribution in [2.45, 2.75) is 109 Å². The minimum atomic E-state index is 0.463. The normalized spacial score (nSPS) is 12.7. The molecule has 0 aromatic rings. The van der Waals surface area contributed by atoms with Crippen LogP contribution in [-0.2, 0) is 0 Å². The Bertz CT molecular complexity index is 182. The van der Waals surface area contributed by atoms with E-state index in [0.717, 1.165) is 0 Å². The molecule has 2 heteroatoms. The minimum absolute atomic E-state index is 0.463. The molecule has 0 saturated carbocycles. The zero-order chi connectivity index (χ0) is 15.6. The first kappa shape index (κ1) is 20.9. The van der Waals surface area contributed by atoms with Crippen molar-refractivity contribution >= 4 is 0 Å². The lowest BCUT2D eigenvalue weighted by Gasteiger charge is -2.11. The molecule has 0 aliphatic rings. The Labute approximate surface area is 134 Å². The Morgan fingerprint density at radius 3 is 1.57 bits per heavy atom. The lowest BCUT2D eigenvalue weighted by atomic mass is 10.0. The molecular weight excluding hydrogens is 256 g/mol. The highest BCUT2D eigenvalue weighted by Crippen LogP contribution is 2.13. The van der Waals surface area contributed by atoms with E-state index in [-0.39, 0.29) is 0 Å². The van der Waals surface area contributed by atoms with Crippen molar-refractivity contribution in [2.24, 2.45) is 5.73 Å². The van der Waals surface area contributed by atoms with Gasteiger partial charge in [-0.1, -0.05) is 84.0 Å². The first-order valence-corrected chi connectivity index (χ1v) is 9.71. The van der Waals surface area contributed by atoms with Gasteiger partial charge in [-0.15, -0.1) is 0 Å². The van der Waals surface area contributed by atoms with E-state index in [4.69, 9.17) is 5.73 Å². The quantitative estimate of drug-likeness (QED) is 0.353. The zero-order valence-electron chi connectivity index (χ0n) is 15.0. The summed E-state index contributed by atoms with van der Waals surface area (Å²) in [6, 6.07) is 0.463. The molecule has 3 N–H and O–H groups in total. The summed E-state index contributed by atoms with van der Waals surface area (Å²) < 4.78 is 0. The van der Waals surface area contributed by atoms with Gasteiger partial charge in [-0.25, -0.2) is 0 Å². The zero-order valence-corrected chi connectivity index (χ0v) is 15.0. The number of unbranched alkanes of at least 4 members (excludes halogenated alkanes) is 11. The average molecular weight is 299 g/mol. The van der Waals surface area contributed by atoms with Crippen molar-refractivity contribution in [3.05, 3.63) is 0 Å². The topological polar surface area (TPSA) is 38.0 Å². The first-order chi connectivity index (χ1) is 10.3. The smallest absolute Gasteiger partial charge is 0.00388 e. The molecule has 0 bridgehead atoms. The van der Waals surface area contributed by atoms with Gasteiger partial charge in [0.05, 0.1) is 0 Å². The second-order valence-corrected chi connectivity index (χ2v) is 6.68. The number of hydrogen-bond acceptors (Lipinski definition) is 2. The summed E-state index contributed by atoms with van der Waals surface area (Å²) in [6.45, 7) is 3.45. The third kappa shape index (κ3) is 17.9. The van der Waals surface area contributed by atoms with E-state index < -0.39 is 0 Å². The Morgan fingerprint density at radius 2 is 1.10 bits per heavy atom. The Hall–Kier alpha value is -0.0800. The third-order valence-electron chi connectivity index (χ3n) is 4.43. The van der Waals surface area contributed by atoms with Crippen molar-refractivity contribution < 1.29 is 0 Å². The molecule has 0 heterocycles. The summed E-state index contributed by atoms with van der Waals surface area (Å²) in [4.78, 5) is 0. The van der Waals surface area contributed by atoms with E-state index in [9.17, 15) is 0 Å². The van der Waals surface area contributed by atoms with Crippen LogP contribution in [0, 0.1) is 0 Å². The van der Waals surface area contributed by atoms with Crippen molar-refractivity contribution in [2.75, 3.05) is 13.6 Å². The molecule has 0 aromatic heterocycles. The highest BCUT2D eigenvalue weighted by atomic mass is 14.8. The van der Waals surface area contributed by atoms with Crippen LogP contribution in [0.1, 0.15) is 103 Å². The number of hydrogen-bond donors (Lipinski definition) is 2. The van der Waals surface area contributed by atoms with E-state index in [1.54, 1.807) is 0 Å². The van der Waals surface area contributed by atoms with Crippen LogP contribution in [-0.4, -0.2) is 19.6 Å². The average Bonchev–Trinajstić information content (AvgIpc) is 2.49. The second-order valence-electron chi connectivity index (χ2n) is 6.68. The van der Waals surface area contributed by atoms with Gasteiger partial charge in [0.2, 0.25) is 0 Å². The molecular formula is C19H42N2. The van der Waals surface area contributed by atoms with Crippen LogP contribution < -0.4 is 11.1 Å². The molecule has 1 atom stereocenters. The largest absolute Gasteiger partial charge is 0.328 e. The molecule has 2 nitrogen and oxygen atoms in total. The molecule has 0 aromatic carbocycles. The number of rotatable bonds is 17. The lowest BCUT2D eigenvalue weighted by Crippen LogP contribution is -2.19. The summed E-state index contributed by atoms with van der Waals surface area (Å²) in [7, 11) is 2.03. The maximum Gasteiger partial charge on any atom is 0.00388 e. The molecule has 0 amide bonds. The van der Waals surface area contributed by atoms with Crippen molar-refractivity contribution in [1.29, 1.82) is 0 Å². The fourth-order valence-electron chi connectivity index (χ4n) is 2.92. The minimum Gasteiger partial charge on any atom is -0.328 e. The summed E-state index contributed by atoms with van der Waals surface area (Å²) >= 11 is 0. The van der Waals surface area contributed by atoms with Gasteiger partial charge in [0, 0.05) is 6.04 Å². The maximum atomic E-state index is 6.21. The van der Waals surface area contributed by atoms with E-state index >= 15 is 0 Å². The SMILES string of the molecule is CCCCCCCCCC(N)CCCCCCCCNC. The van der Waals surface area contributed by atoms with Crippen LogP contribution in [0.15, 0.2) is 0 Å². The van der Waals surface area contributed by atoms with Crippen LogP contribution in [0.2, 0.25) is 0 Å². The van der Waals surface area contributed by atoms with Gasteiger partial charge in [-0.05, 0) is 32.9 Å². The Kier molecular flexibility index (Phi) is 17.9. The Balaban J connectivity index is 3.11. The molecule has 0 radical (unpaired) electrons. The molecule has 1 unspecified atom stereocenters. The summed E-state index contributed by atoms with van der Waals surface area (Å²) in [6.07, 6.45) is 20.5. The van der Waals surface area contributed by atoms with Crippen molar-refractivity contribution in [3.8, 4) is 0 Å². The van der Waals surface area contributed by atoms with Gasteiger partial charge >= 0.3 is 0 Å². The standard InChI is InChI=1S/C19H42N2/c1-3-4-5-6-7-10-13-16-19(20)17-14-11-8-9-12-15-18-21-2/h19,21H,3-18,20H2,1-2H3. The van der Waals surface area contributed by atoms with E-state index in [1.807, 2.05) is 7.05 Å². The maximum absolute atomic E-state index is 6.21. The molecule has 0 fully saturated rings. The molecule has 0 aliphatic carbocycles. The van der Waals surface area contributed by atoms with Crippen molar-refractivity contribution in [1.82, 2.24) is 5.32 Å². The predicted octanol–water partition coefficient (Wildman–Crippen LogP) is 5.40. The van der Waals surface area contributed by atoms with Gasteiger partial charge in [0.1, 0.15) is 0 Å². The van der Waals surface area contributed by atoms with Gasteiger partial charge in [-0.2, -0.15) is 0 Å². The summed E-state index contributed by atoms with van der Waals surface area (Å²) in [5.74, 6) is 0. The third-order valence-corrected chi connectivity index (χ3v) is 4.43. The van der Waals surface area contributed by atoms with E-state index in [2.05, 4.69) is 12.2 Å². The first-order valence-electron chi connectivity index (χ1n) is 9.71. The predicted molar refractivity (Wildman–Crippen MR) is 96.8 cm³/mol. The lowest BCUT2D eigenvalue weighted by molar-refractivity contribution is 0.481. The Morgan fingerprint density at radius 1 is 0.667 bits per heavy atom. The number of nitrogens with one attached hydrogen (secondary N) is 1. The van der Waals surface area contributed by atoms with Crippen molar-refractivity contribution in [3.63, 3.8) is 0 Å². The van der Waals surface area contributed by atoms with E-state index in [1.165, 1.54) is 103 Å². The fraction of sp³-hybridized carbons (Fsp3) is 1.00. The van der Waals surface area contributed by atoms with Crippen LogP contribution >= 0.6 is 0 Å². The van der Waals surface area contributed by atoms with Crippen LogP contribution in [0.3, 0.4) is 0 Å². The highest BCUT2D eigenvalue weighted by molar-refractivity contribution is 4.62. The van der Waals surface area contributed by atoms with Crippen LogP contribution in [0.5, 0.6) is 0 Å².